The van der Waals surface area contributed by atoms with Gasteiger partial charge in [-0.25, -0.2) is 0 Å². The summed E-state index contributed by atoms with van der Waals surface area (Å²) in [7, 11) is 1.81. The van der Waals surface area contributed by atoms with Crippen LogP contribution < -0.4 is 4.74 Å². The van der Waals surface area contributed by atoms with Gasteiger partial charge >= 0.3 is 0 Å². The minimum absolute atomic E-state index is 0.0557. The number of carbonyl (C=O) groups excluding carboxylic acids is 1. The fourth-order valence-corrected chi connectivity index (χ4v) is 2.71. The van der Waals surface area contributed by atoms with E-state index in [2.05, 4.69) is 15.9 Å². The molecule has 1 aromatic rings. The summed E-state index contributed by atoms with van der Waals surface area (Å²) in [4.78, 5) is 14.1. The molecule has 0 radical (unpaired) electrons. The highest BCUT2D eigenvalue weighted by molar-refractivity contribution is 9.10. The van der Waals surface area contributed by atoms with E-state index in [1.807, 2.05) is 20.9 Å². The number of amides is 1. The smallest absolute Gasteiger partial charge is 0.257 e. The van der Waals surface area contributed by atoms with E-state index in [0.717, 1.165) is 16.5 Å². The molecule has 2 rings (SSSR count). The van der Waals surface area contributed by atoms with Gasteiger partial charge in [0.05, 0.1) is 17.2 Å². The highest BCUT2D eigenvalue weighted by Gasteiger charge is 2.27. The van der Waals surface area contributed by atoms with Gasteiger partial charge in [-0.1, -0.05) is 27.5 Å². The molecule has 3 nitrogen and oxygen atoms in total. The number of rotatable bonds is 0. The van der Waals surface area contributed by atoms with Crippen molar-refractivity contribution in [2.24, 2.45) is 0 Å². The van der Waals surface area contributed by atoms with E-state index in [4.69, 9.17) is 16.3 Å². The van der Waals surface area contributed by atoms with Crippen LogP contribution in [0, 0.1) is 6.92 Å². The van der Waals surface area contributed by atoms with Crippen LogP contribution in [0.2, 0.25) is 5.02 Å². The number of hydrogen-bond acceptors (Lipinski definition) is 2. The summed E-state index contributed by atoms with van der Waals surface area (Å²) in [5.74, 6) is 0.445. The predicted molar refractivity (Wildman–Crippen MR) is 75.6 cm³/mol. The van der Waals surface area contributed by atoms with Gasteiger partial charge in [0, 0.05) is 24.0 Å². The van der Waals surface area contributed by atoms with E-state index in [-0.39, 0.29) is 11.9 Å². The van der Waals surface area contributed by atoms with Gasteiger partial charge in [-0.05, 0) is 25.5 Å². The van der Waals surface area contributed by atoms with E-state index in [0.29, 0.717) is 22.9 Å². The molecule has 0 aliphatic carbocycles. The molecular formula is C13H15BrClNO2. The van der Waals surface area contributed by atoms with Gasteiger partial charge in [0.1, 0.15) is 0 Å². The first-order chi connectivity index (χ1) is 8.43. The average molecular weight is 333 g/mol. The molecule has 1 aromatic carbocycles. The van der Waals surface area contributed by atoms with Crippen molar-refractivity contribution in [3.8, 4) is 5.75 Å². The Bertz CT molecular complexity index is 504. The third-order valence-corrected chi connectivity index (χ3v) is 4.68. The Morgan fingerprint density at radius 1 is 1.56 bits per heavy atom. The topological polar surface area (TPSA) is 29.5 Å². The van der Waals surface area contributed by atoms with Gasteiger partial charge in [-0.2, -0.15) is 0 Å². The third-order valence-electron chi connectivity index (χ3n) is 3.40. The van der Waals surface area contributed by atoms with E-state index < -0.39 is 0 Å². The molecule has 0 saturated heterocycles. The number of hydrogen-bond donors (Lipinski definition) is 0. The maximum Gasteiger partial charge on any atom is 0.257 e. The van der Waals surface area contributed by atoms with Crippen LogP contribution in [-0.4, -0.2) is 30.5 Å². The molecule has 98 valence electrons. The van der Waals surface area contributed by atoms with Crippen LogP contribution in [0.1, 0.15) is 29.3 Å². The Balaban J connectivity index is 2.59. The minimum atomic E-state index is -0.0557. The molecule has 1 atom stereocenters. The lowest BCUT2D eigenvalue weighted by molar-refractivity contribution is 0.0700. The molecule has 0 saturated carbocycles. The lowest BCUT2D eigenvalue weighted by Gasteiger charge is -2.29. The molecule has 1 aliphatic rings. The maximum atomic E-state index is 12.4. The Hall–Kier alpha value is -0.740. The van der Waals surface area contributed by atoms with E-state index in [1.54, 1.807) is 11.0 Å². The lowest BCUT2D eigenvalue weighted by Crippen LogP contribution is -2.38. The van der Waals surface area contributed by atoms with Crippen molar-refractivity contribution in [2.75, 3.05) is 13.7 Å². The van der Waals surface area contributed by atoms with Crippen LogP contribution >= 0.6 is 27.5 Å². The highest BCUT2D eigenvalue weighted by atomic mass is 79.9. The molecule has 0 bridgehead atoms. The lowest BCUT2D eigenvalue weighted by atomic mass is 10.1. The fraction of sp³-hybridized carbons (Fsp3) is 0.462. The van der Waals surface area contributed by atoms with Crippen molar-refractivity contribution in [1.29, 1.82) is 0 Å². The normalized spacial score (nSPS) is 19.9. The van der Waals surface area contributed by atoms with Crippen LogP contribution in [0.3, 0.4) is 0 Å². The van der Waals surface area contributed by atoms with Gasteiger partial charge in [-0.15, -0.1) is 0 Å². The minimum Gasteiger partial charge on any atom is -0.491 e. The number of nitrogens with zero attached hydrogens (tertiary/aromatic N) is 1. The van der Waals surface area contributed by atoms with Crippen molar-refractivity contribution in [3.05, 3.63) is 26.7 Å². The molecule has 1 aliphatic heterocycles. The van der Waals surface area contributed by atoms with Gasteiger partial charge in [0.2, 0.25) is 0 Å². The van der Waals surface area contributed by atoms with Crippen molar-refractivity contribution in [3.63, 3.8) is 0 Å². The van der Waals surface area contributed by atoms with Crippen molar-refractivity contribution in [2.45, 2.75) is 26.3 Å². The highest BCUT2D eigenvalue weighted by Crippen LogP contribution is 2.38. The second kappa shape index (κ2) is 5.10. The quantitative estimate of drug-likeness (QED) is 0.726. The average Bonchev–Trinajstić information content (AvgIpc) is 2.35. The Labute approximate surface area is 120 Å². The summed E-state index contributed by atoms with van der Waals surface area (Å²) in [6.45, 7) is 4.47. The van der Waals surface area contributed by atoms with Crippen LogP contribution in [0.5, 0.6) is 5.75 Å². The van der Waals surface area contributed by atoms with E-state index >= 15 is 0 Å². The summed E-state index contributed by atoms with van der Waals surface area (Å²) in [6.07, 6.45) is 0.799. The third kappa shape index (κ3) is 2.24. The fourth-order valence-electron chi connectivity index (χ4n) is 1.91. The zero-order chi connectivity index (χ0) is 13.4. The van der Waals surface area contributed by atoms with Crippen molar-refractivity contribution in [1.82, 2.24) is 4.90 Å². The second-order valence-corrected chi connectivity index (χ2v) is 5.81. The predicted octanol–water partition coefficient (Wildman–Crippen LogP) is 3.65. The molecule has 1 amide bonds. The molecule has 0 unspecified atom stereocenters. The second-order valence-electron chi connectivity index (χ2n) is 4.58. The van der Waals surface area contributed by atoms with Gasteiger partial charge in [0.25, 0.3) is 5.91 Å². The number of ether oxygens (including phenoxy) is 1. The molecule has 1 heterocycles. The van der Waals surface area contributed by atoms with Gasteiger partial charge < -0.3 is 9.64 Å². The summed E-state index contributed by atoms with van der Waals surface area (Å²) in [6, 6.07) is 1.94. The molecule has 0 aromatic heterocycles. The summed E-state index contributed by atoms with van der Waals surface area (Å²) >= 11 is 9.69. The standard InChI is InChI=1S/C13H15BrClNO2/c1-7-4-5-18-12-9(13(17)16(7)3)6-10(14)8(2)11(12)15/h6-7H,4-5H2,1-3H3/t7-/m0/s1. The summed E-state index contributed by atoms with van der Waals surface area (Å²) in [5.41, 5.74) is 1.41. The number of halogens is 2. The van der Waals surface area contributed by atoms with Gasteiger partial charge in [-0.3, -0.25) is 4.79 Å². The van der Waals surface area contributed by atoms with Crippen LogP contribution in [0.15, 0.2) is 10.5 Å². The zero-order valence-electron chi connectivity index (χ0n) is 10.6. The van der Waals surface area contributed by atoms with E-state index in [1.165, 1.54) is 0 Å². The first-order valence-electron chi connectivity index (χ1n) is 5.82. The van der Waals surface area contributed by atoms with Crippen molar-refractivity contribution < 1.29 is 9.53 Å². The number of fused-ring (bicyclic) bond motifs is 1. The number of benzene rings is 1. The van der Waals surface area contributed by atoms with E-state index in [9.17, 15) is 4.79 Å². The SMILES string of the molecule is Cc1c(Br)cc2c(c1Cl)OCC[C@H](C)N(C)C2=O. The van der Waals surface area contributed by atoms with Gasteiger partial charge in [0.15, 0.2) is 5.75 Å². The molecular weight excluding hydrogens is 318 g/mol. The van der Waals surface area contributed by atoms with Crippen molar-refractivity contribution >= 4 is 33.4 Å². The first kappa shape index (κ1) is 13.7. The van der Waals surface area contributed by atoms with Crippen LogP contribution in [-0.2, 0) is 0 Å². The zero-order valence-corrected chi connectivity index (χ0v) is 12.9. The van der Waals surface area contributed by atoms with Crippen LogP contribution in [0.4, 0.5) is 0 Å². The molecule has 0 fully saturated rings. The largest absolute Gasteiger partial charge is 0.491 e. The summed E-state index contributed by atoms with van der Waals surface area (Å²) in [5, 5.41) is 0.510. The molecule has 18 heavy (non-hydrogen) atoms. The molecule has 5 heteroatoms. The molecule has 0 N–H and O–H groups in total. The Morgan fingerprint density at radius 2 is 2.22 bits per heavy atom. The Kier molecular flexibility index (Phi) is 3.87. The monoisotopic (exact) mass is 331 g/mol. The maximum absolute atomic E-state index is 12.4. The van der Waals surface area contributed by atoms with Crippen LogP contribution in [0.25, 0.3) is 0 Å². The first-order valence-corrected chi connectivity index (χ1v) is 6.99. The summed E-state index contributed by atoms with van der Waals surface area (Å²) < 4.78 is 6.51. The molecule has 0 spiro atoms. The Morgan fingerprint density at radius 3 is 2.89 bits per heavy atom. The number of carbonyl (C=O) groups is 1.